The Hall–Kier alpha value is -1.01. The zero-order valence-electron chi connectivity index (χ0n) is 11.1. The summed E-state index contributed by atoms with van der Waals surface area (Å²) in [4.78, 5) is 0.291. The molecule has 1 heterocycles. The molecule has 0 saturated carbocycles. The Bertz CT molecular complexity index is 595. The van der Waals surface area contributed by atoms with Gasteiger partial charge >= 0.3 is 0 Å². The smallest absolute Gasteiger partial charge is 0.286 e. The maximum absolute atomic E-state index is 12.1. The predicted molar refractivity (Wildman–Crippen MR) is 81.4 cm³/mol. The van der Waals surface area contributed by atoms with Crippen LogP contribution < -0.4 is 5.32 Å². The first kappa shape index (κ1) is 14.4. The zero-order chi connectivity index (χ0) is 13.9. The van der Waals surface area contributed by atoms with Crippen LogP contribution in [0.1, 0.15) is 31.7 Å². The first-order valence-corrected chi connectivity index (χ1v) is 9.02. The summed E-state index contributed by atoms with van der Waals surface area (Å²) in [5.74, 6) is 0. The van der Waals surface area contributed by atoms with Gasteiger partial charge in [-0.05, 0) is 36.8 Å². The largest absolute Gasteiger partial charge is 0.333 e. The number of rotatable bonds is 4. The first-order chi connectivity index (χ1) is 9.06. The second kappa shape index (κ2) is 5.96. The number of hydrogen-bond acceptors (Lipinski definition) is 4. The first-order valence-electron chi connectivity index (χ1n) is 6.35. The van der Waals surface area contributed by atoms with Crippen molar-refractivity contribution in [2.24, 2.45) is 4.40 Å². The van der Waals surface area contributed by atoms with E-state index in [1.165, 1.54) is 11.8 Å². The Morgan fingerprint density at radius 1 is 1.32 bits per heavy atom. The summed E-state index contributed by atoms with van der Waals surface area (Å²) >= 11 is 1.29. The predicted octanol–water partition coefficient (Wildman–Crippen LogP) is 3.25. The molecule has 0 aromatic heterocycles. The maximum atomic E-state index is 12.1. The number of amidine groups is 1. The molecule has 1 aliphatic rings. The molecule has 0 atom stereocenters. The summed E-state index contributed by atoms with van der Waals surface area (Å²) in [6.45, 7) is 2.15. The van der Waals surface area contributed by atoms with Gasteiger partial charge in [0.2, 0.25) is 0 Å². The van der Waals surface area contributed by atoms with Gasteiger partial charge in [-0.15, -0.1) is 4.40 Å². The van der Waals surface area contributed by atoms with Gasteiger partial charge in [0.25, 0.3) is 10.0 Å². The normalized spacial score (nSPS) is 16.4. The molecule has 0 fully saturated rings. The van der Waals surface area contributed by atoms with E-state index in [1.807, 2.05) is 12.1 Å². The summed E-state index contributed by atoms with van der Waals surface area (Å²) in [6.07, 6.45) is 6.12. The summed E-state index contributed by atoms with van der Waals surface area (Å²) in [7, 11) is -3.55. The molecule has 6 heteroatoms. The molecule has 0 unspecified atom stereocenters. The van der Waals surface area contributed by atoms with Crippen LogP contribution in [0.4, 0.5) is 5.69 Å². The quantitative estimate of drug-likeness (QED) is 0.867. The average molecular weight is 298 g/mol. The van der Waals surface area contributed by atoms with Crippen molar-refractivity contribution < 1.29 is 8.42 Å². The van der Waals surface area contributed by atoms with Gasteiger partial charge in [-0.3, -0.25) is 0 Å². The third-order valence-corrected chi connectivity index (χ3v) is 5.04. The highest BCUT2D eigenvalue weighted by Gasteiger charge is 2.24. The van der Waals surface area contributed by atoms with E-state index in [9.17, 15) is 8.42 Å². The second-order valence-electron chi connectivity index (χ2n) is 4.49. The van der Waals surface area contributed by atoms with E-state index in [-0.39, 0.29) is 0 Å². The SMILES string of the molecule is CCCCCc1ccc2c(c1)S(=O)(=O)N=C(SC)N2. The molecular weight excluding hydrogens is 280 g/mol. The molecule has 2 rings (SSSR count). The third-order valence-electron chi connectivity index (χ3n) is 3.03. The van der Waals surface area contributed by atoms with E-state index < -0.39 is 10.0 Å². The van der Waals surface area contributed by atoms with E-state index in [0.29, 0.717) is 15.8 Å². The Balaban J connectivity index is 2.28. The van der Waals surface area contributed by atoms with Crippen molar-refractivity contribution in [3.63, 3.8) is 0 Å². The summed E-state index contributed by atoms with van der Waals surface area (Å²) in [5, 5.41) is 3.45. The molecule has 1 aliphatic heterocycles. The summed E-state index contributed by atoms with van der Waals surface area (Å²) in [5.41, 5.74) is 1.68. The highest BCUT2D eigenvalue weighted by atomic mass is 32.2. The molecule has 104 valence electrons. The fourth-order valence-corrected chi connectivity index (χ4v) is 3.87. The highest BCUT2D eigenvalue weighted by Crippen LogP contribution is 2.30. The number of unbranched alkanes of at least 4 members (excludes halogenated alkanes) is 2. The number of benzene rings is 1. The fourth-order valence-electron chi connectivity index (χ4n) is 2.00. The van der Waals surface area contributed by atoms with Crippen LogP contribution in [0.25, 0.3) is 0 Å². The molecular formula is C13H18N2O2S2. The lowest BCUT2D eigenvalue weighted by Gasteiger charge is -2.17. The molecule has 0 bridgehead atoms. The standard InChI is InChI=1S/C13H18N2O2S2/c1-3-4-5-6-10-7-8-11-12(9-10)19(16,17)15-13(14-11)18-2/h7-9H,3-6H2,1-2H3,(H,14,15). The molecule has 0 saturated heterocycles. The van der Waals surface area contributed by atoms with Crippen LogP contribution in [0.2, 0.25) is 0 Å². The van der Waals surface area contributed by atoms with Crippen molar-refractivity contribution in [1.82, 2.24) is 0 Å². The molecule has 1 N–H and O–H groups in total. The number of aryl methyl sites for hydroxylation is 1. The lowest BCUT2D eigenvalue weighted by Crippen LogP contribution is -2.18. The second-order valence-corrected chi connectivity index (χ2v) is 6.86. The summed E-state index contributed by atoms with van der Waals surface area (Å²) < 4.78 is 27.9. The van der Waals surface area contributed by atoms with E-state index in [1.54, 1.807) is 12.3 Å². The lowest BCUT2D eigenvalue weighted by atomic mass is 10.1. The van der Waals surface area contributed by atoms with Crippen molar-refractivity contribution in [3.8, 4) is 0 Å². The Morgan fingerprint density at radius 2 is 2.11 bits per heavy atom. The van der Waals surface area contributed by atoms with Crippen LogP contribution in [0, 0.1) is 0 Å². The molecule has 0 aliphatic carbocycles. The van der Waals surface area contributed by atoms with E-state index in [4.69, 9.17) is 0 Å². The number of nitrogens with zero attached hydrogens (tertiary/aromatic N) is 1. The molecule has 4 nitrogen and oxygen atoms in total. The van der Waals surface area contributed by atoms with Crippen molar-refractivity contribution in [3.05, 3.63) is 23.8 Å². The average Bonchev–Trinajstić information content (AvgIpc) is 2.39. The topological polar surface area (TPSA) is 58.5 Å². The zero-order valence-corrected chi connectivity index (χ0v) is 12.8. The van der Waals surface area contributed by atoms with Crippen LogP contribution >= 0.6 is 11.8 Å². The van der Waals surface area contributed by atoms with E-state index >= 15 is 0 Å². The van der Waals surface area contributed by atoms with Crippen molar-refractivity contribution in [2.45, 2.75) is 37.5 Å². The van der Waals surface area contributed by atoms with Crippen LogP contribution in [0.3, 0.4) is 0 Å². The van der Waals surface area contributed by atoms with Crippen LogP contribution in [-0.2, 0) is 16.4 Å². The van der Waals surface area contributed by atoms with Gasteiger partial charge in [0.05, 0.1) is 5.69 Å². The Morgan fingerprint density at radius 3 is 2.79 bits per heavy atom. The number of fused-ring (bicyclic) bond motifs is 1. The Kier molecular flexibility index (Phi) is 4.52. The van der Waals surface area contributed by atoms with Crippen LogP contribution in [-0.4, -0.2) is 19.8 Å². The molecule has 0 spiro atoms. The van der Waals surface area contributed by atoms with Gasteiger partial charge in [0, 0.05) is 0 Å². The minimum Gasteiger partial charge on any atom is -0.333 e. The number of nitrogens with one attached hydrogen (secondary N) is 1. The minimum absolute atomic E-state index is 0.291. The highest BCUT2D eigenvalue weighted by molar-refractivity contribution is 8.14. The van der Waals surface area contributed by atoms with Crippen molar-refractivity contribution >= 4 is 32.6 Å². The maximum Gasteiger partial charge on any atom is 0.286 e. The third kappa shape index (κ3) is 3.30. The van der Waals surface area contributed by atoms with Crippen molar-refractivity contribution in [1.29, 1.82) is 0 Å². The molecule has 0 radical (unpaired) electrons. The molecule has 1 aromatic carbocycles. The van der Waals surface area contributed by atoms with Crippen LogP contribution in [0.5, 0.6) is 0 Å². The van der Waals surface area contributed by atoms with Crippen molar-refractivity contribution in [2.75, 3.05) is 11.6 Å². The molecule has 0 amide bonds. The monoisotopic (exact) mass is 298 g/mol. The van der Waals surface area contributed by atoms with Gasteiger partial charge in [-0.1, -0.05) is 37.6 Å². The van der Waals surface area contributed by atoms with Gasteiger partial charge in [-0.2, -0.15) is 8.42 Å². The number of sulfonamides is 1. The number of anilines is 1. The van der Waals surface area contributed by atoms with E-state index in [0.717, 1.165) is 31.2 Å². The number of hydrogen-bond donors (Lipinski definition) is 1. The van der Waals surface area contributed by atoms with Gasteiger partial charge in [0.1, 0.15) is 4.90 Å². The Labute approximate surface area is 118 Å². The van der Waals surface area contributed by atoms with Crippen LogP contribution in [0.15, 0.2) is 27.5 Å². The number of thioether (sulfide) groups is 1. The van der Waals surface area contributed by atoms with Gasteiger partial charge in [0.15, 0.2) is 5.17 Å². The molecule has 19 heavy (non-hydrogen) atoms. The summed E-state index contributed by atoms with van der Waals surface area (Å²) in [6, 6.07) is 5.56. The van der Waals surface area contributed by atoms with Gasteiger partial charge < -0.3 is 5.32 Å². The van der Waals surface area contributed by atoms with Gasteiger partial charge in [-0.25, -0.2) is 0 Å². The molecule has 1 aromatic rings. The fraction of sp³-hybridized carbons (Fsp3) is 0.462. The van der Waals surface area contributed by atoms with E-state index in [2.05, 4.69) is 16.6 Å². The minimum atomic E-state index is -3.55. The lowest BCUT2D eigenvalue weighted by molar-refractivity contribution is 0.597.